The molecule has 0 aliphatic carbocycles. The monoisotopic (exact) mass is 350 g/mol. The summed E-state index contributed by atoms with van der Waals surface area (Å²) in [6.45, 7) is 7.32. The summed E-state index contributed by atoms with van der Waals surface area (Å²) < 4.78 is 5.47. The molecule has 2 atom stereocenters. The maximum atomic E-state index is 12.5. The van der Waals surface area contributed by atoms with E-state index in [-0.39, 0.29) is 24.1 Å². The van der Waals surface area contributed by atoms with E-state index in [1.165, 1.54) is 0 Å². The van der Waals surface area contributed by atoms with Crippen molar-refractivity contribution in [1.82, 2.24) is 9.80 Å². The quantitative estimate of drug-likeness (QED) is 0.842. The van der Waals surface area contributed by atoms with E-state index in [2.05, 4.69) is 0 Å². The number of hydrogen-bond donors (Lipinski definition) is 0. The molecule has 2 aliphatic heterocycles. The van der Waals surface area contributed by atoms with Gasteiger partial charge in [-0.25, -0.2) is 4.79 Å². The maximum Gasteiger partial charge on any atom is 0.410 e. The summed E-state index contributed by atoms with van der Waals surface area (Å²) in [5.41, 5.74) is 0.660. The number of fused-ring (bicyclic) bond motifs is 1. The smallest absolute Gasteiger partial charge is 0.410 e. The SMILES string of the molecule is CC(C)(C)C(=O)N1C[C@@H]2OC(=O)N(CCc3cccc(Cl)c3)[C@@H]2C1. The molecular formula is C18H23ClN2O3. The van der Waals surface area contributed by atoms with Gasteiger partial charge < -0.3 is 9.64 Å². The minimum Gasteiger partial charge on any atom is -0.442 e. The minimum atomic E-state index is -0.422. The van der Waals surface area contributed by atoms with E-state index in [9.17, 15) is 9.59 Å². The fourth-order valence-electron chi connectivity index (χ4n) is 3.34. The first kappa shape index (κ1) is 17.1. The molecule has 0 radical (unpaired) electrons. The molecule has 0 unspecified atom stereocenters. The van der Waals surface area contributed by atoms with Crippen molar-refractivity contribution in [2.45, 2.75) is 39.3 Å². The van der Waals surface area contributed by atoms with Gasteiger partial charge in [0.15, 0.2) is 0 Å². The summed E-state index contributed by atoms with van der Waals surface area (Å²) in [5.74, 6) is 0.0998. The highest BCUT2D eigenvalue weighted by atomic mass is 35.5. The number of carbonyl (C=O) groups is 2. The second-order valence-corrected chi connectivity index (χ2v) is 7.96. The fourth-order valence-corrected chi connectivity index (χ4v) is 3.56. The molecule has 6 heteroatoms. The average molecular weight is 351 g/mol. The highest BCUT2D eigenvalue weighted by Gasteiger charge is 2.49. The van der Waals surface area contributed by atoms with Crippen molar-refractivity contribution in [1.29, 1.82) is 0 Å². The number of ether oxygens (including phenoxy) is 1. The van der Waals surface area contributed by atoms with Gasteiger partial charge in [-0.05, 0) is 24.1 Å². The predicted molar refractivity (Wildman–Crippen MR) is 92.0 cm³/mol. The molecule has 0 aromatic heterocycles. The highest BCUT2D eigenvalue weighted by Crippen LogP contribution is 2.30. The molecule has 24 heavy (non-hydrogen) atoms. The number of benzene rings is 1. The molecule has 5 nitrogen and oxygen atoms in total. The third-order valence-corrected chi connectivity index (χ3v) is 4.82. The lowest BCUT2D eigenvalue weighted by Crippen LogP contribution is -2.43. The van der Waals surface area contributed by atoms with Gasteiger partial charge in [0.05, 0.1) is 12.6 Å². The molecular weight excluding hydrogens is 328 g/mol. The van der Waals surface area contributed by atoms with Crippen LogP contribution in [0, 0.1) is 5.41 Å². The van der Waals surface area contributed by atoms with Crippen LogP contribution < -0.4 is 0 Å². The molecule has 0 N–H and O–H groups in total. The molecule has 2 fully saturated rings. The van der Waals surface area contributed by atoms with Crippen molar-refractivity contribution >= 4 is 23.6 Å². The van der Waals surface area contributed by atoms with Gasteiger partial charge in [-0.3, -0.25) is 9.69 Å². The van der Waals surface area contributed by atoms with Gasteiger partial charge in [-0.1, -0.05) is 44.5 Å². The normalized spacial score (nSPS) is 23.4. The van der Waals surface area contributed by atoms with Crippen LogP contribution in [-0.4, -0.2) is 53.6 Å². The first-order valence-electron chi connectivity index (χ1n) is 8.27. The number of hydrogen-bond acceptors (Lipinski definition) is 3. The lowest BCUT2D eigenvalue weighted by Gasteiger charge is -2.27. The van der Waals surface area contributed by atoms with Crippen molar-refractivity contribution in [3.8, 4) is 0 Å². The van der Waals surface area contributed by atoms with E-state index in [0.29, 0.717) is 31.1 Å². The summed E-state index contributed by atoms with van der Waals surface area (Å²) in [6.07, 6.45) is 0.213. The lowest BCUT2D eigenvalue weighted by molar-refractivity contribution is -0.139. The zero-order valence-corrected chi connectivity index (χ0v) is 15.0. The zero-order valence-electron chi connectivity index (χ0n) is 14.3. The van der Waals surface area contributed by atoms with Crippen LogP contribution in [0.2, 0.25) is 5.02 Å². The first-order valence-corrected chi connectivity index (χ1v) is 8.64. The van der Waals surface area contributed by atoms with Crippen LogP contribution >= 0.6 is 11.6 Å². The molecule has 0 saturated carbocycles. The summed E-state index contributed by atoms with van der Waals surface area (Å²) in [4.78, 5) is 28.1. The van der Waals surface area contributed by atoms with Crippen LogP contribution in [0.1, 0.15) is 26.3 Å². The van der Waals surface area contributed by atoms with E-state index >= 15 is 0 Å². The summed E-state index contributed by atoms with van der Waals surface area (Å²) >= 11 is 6.01. The van der Waals surface area contributed by atoms with Crippen molar-refractivity contribution in [2.24, 2.45) is 5.41 Å². The van der Waals surface area contributed by atoms with Crippen molar-refractivity contribution < 1.29 is 14.3 Å². The van der Waals surface area contributed by atoms with Gasteiger partial charge in [-0.2, -0.15) is 0 Å². The number of rotatable bonds is 3. The molecule has 1 aromatic rings. The van der Waals surface area contributed by atoms with E-state index in [1.54, 1.807) is 4.90 Å². The summed E-state index contributed by atoms with van der Waals surface area (Å²) in [7, 11) is 0. The third-order valence-electron chi connectivity index (χ3n) is 4.58. The molecule has 1 aromatic carbocycles. The Labute approximate surface area is 147 Å². The third kappa shape index (κ3) is 3.36. The number of carbonyl (C=O) groups excluding carboxylic acids is 2. The Morgan fingerprint density at radius 2 is 2.08 bits per heavy atom. The van der Waals surface area contributed by atoms with Crippen LogP contribution in [0.5, 0.6) is 0 Å². The Hall–Kier alpha value is -1.75. The molecule has 3 rings (SSSR count). The number of amides is 2. The van der Waals surface area contributed by atoms with Crippen molar-refractivity contribution in [3.05, 3.63) is 34.9 Å². The summed E-state index contributed by atoms with van der Waals surface area (Å²) in [6, 6.07) is 7.59. The van der Waals surface area contributed by atoms with Crippen LogP contribution in [-0.2, 0) is 16.0 Å². The standard InChI is InChI=1S/C18H23ClN2O3/c1-18(2,3)16(22)20-10-14-15(11-20)24-17(23)21(14)8-7-12-5-4-6-13(19)9-12/h4-6,9,14-15H,7-8,10-11H2,1-3H3/t14-,15+/m1/s1. The Bertz CT molecular complexity index is 656. The van der Waals surface area contributed by atoms with Gasteiger partial charge in [0.25, 0.3) is 0 Å². The van der Waals surface area contributed by atoms with Crippen LogP contribution in [0.4, 0.5) is 4.79 Å². The zero-order chi connectivity index (χ0) is 17.5. The fraction of sp³-hybridized carbons (Fsp3) is 0.556. The van der Waals surface area contributed by atoms with Gasteiger partial charge in [-0.15, -0.1) is 0 Å². The van der Waals surface area contributed by atoms with Crippen LogP contribution in [0.25, 0.3) is 0 Å². The Balaban J connectivity index is 1.65. The largest absolute Gasteiger partial charge is 0.442 e. The average Bonchev–Trinajstić information content (AvgIpc) is 3.01. The molecule has 130 valence electrons. The minimum absolute atomic E-state index is 0.0528. The maximum absolute atomic E-state index is 12.5. The van der Waals surface area contributed by atoms with Gasteiger partial charge >= 0.3 is 6.09 Å². The summed E-state index contributed by atoms with van der Waals surface area (Å²) in [5, 5.41) is 0.692. The van der Waals surface area contributed by atoms with Crippen LogP contribution in [0.15, 0.2) is 24.3 Å². The van der Waals surface area contributed by atoms with Crippen molar-refractivity contribution in [3.63, 3.8) is 0 Å². The van der Waals surface area contributed by atoms with E-state index in [1.807, 2.05) is 49.9 Å². The Morgan fingerprint density at radius 1 is 1.33 bits per heavy atom. The topological polar surface area (TPSA) is 49.9 Å². The van der Waals surface area contributed by atoms with Crippen molar-refractivity contribution in [2.75, 3.05) is 19.6 Å². The molecule has 2 saturated heterocycles. The van der Waals surface area contributed by atoms with Crippen LogP contribution in [0.3, 0.4) is 0 Å². The van der Waals surface area contributed by atoms with E-state index < -0.39 is 5.41 Å². The molecule has 2 heterocycles. The molecule has 2 aliphatic rings. The van der Waals surface area contributed by atoms with Gasteiger partial charge in [0, 0.05) is 23.5 Å². The molecule has 0 spiro atoms. The van der Waals surface area contributed by atoms with Gasteiger partial charge in [0.1, 0.15) is 6.10 Å². The second-order valence-electron chi connectivity index (χ2n) is 7.52. The lowest BCUT2D eigenvalue weighted by atomic mass is 9.95. The Morgan fingerprint density at radius 3 is 2.75 bits per heavy atom. The first-order chi connectivity index (χ1) is 11.3. The van der Waals surface area contributed by atoms with E-state index in [0.717, 1.165) is 5.56 Å². The van der Waals surface area contributed by atoms with Gasteiger partial charge in [0.2, 0.25) is 5.91 Å². The Kier molecular flexibility index (Phi) is 4.47. The number of halogens is 1. The number of likely N-dealkylation sites (tertiary alicyclic amines) is 1. The second kappa shape index (κ2) is 6.28. The number of nitrogens with zero attached hydrogens (tertiary/aromatic N) is 2. The molecule has 2 amide bonds. The molecule has 0 bridgehead atoms. The predicted octanol–water partition coefficient (Wildman–Crippen LogP) is 2.96. The van der Waals surface area contributed by atoms with E-state index in [4.69, 9.17) is 16.3 Å². The highest BCUT2D eigenvalue weighted by molar-refractivity contribution is 6.30.